The van der Waals surface area contributed by atoms with Crippen molar-refractivity contribution < 1.29 is 9.53 Å². The summed E-state index contributed by atoms with van der Waals surface area (Å²) in [5.74, 6) is 1.56. The number of hydrogen-bond acceptors (Lipinski definition) is 2. The van der Waals surface area contributed by atoms with E-state index in [1.807, 2.05) is 35.2 Å². The first-order chi connectivity index (χ1) is 8.83. The molecule has 2 fully saturated rings. The SMILES string of the molecule is O=C(C1CCC1)N1CCC(Oc2ccccc2)C1. The maximum absolute atomic E-state index is 12.1. The third kappa shape index (κ3) is 2.35. The van der Waals surface area contributed by atoms with Crippen LogP contribution in [0.15, 0.2) is 30.3 Å². The van der Waals surface area contributed by atoms with Crippen LogP contribution in [0.4, 0.5) is 0 Å². The molecule has 0 spiro atoms. The molecule has 1 saturated heterocycles. The van der Waals surface area contributed by atoms with Crippen molar-refractivity contribution in [1.29, 1.82) is 0 Å². The molecular weight excluding hydrogens is 226 g/mol. The number of carbonyl (C=O) groups excluding carboxylic acids is 1. The summed E-state index contributed by atoms with van der Waals surface area (Å²) >= 11 is 0. The molecule has 2 aliphatic rings. The van der Waals surface area contributed by atoms with Gasteiger partial charge in [0, 0.05) is 18.9 Å². The highest BCUT2D eigenvalue weighted by Gasteiger charge is 2.34. The average molecular weight is 245 g/mol. The van der Waals surface area contributed by atoms with Gasteiger partial charge in [-0.15, -0.1) is 0 Å². The number of nitrogens with zero attached hydrogens (tertiary/aromatic N) is 1. The topological polar surface area (TPSA) is 29.5 Å². The number of hydrogen-bond donors (Lipinski definition) is 0. The highest BCUT2D eigenvalue weighted by molar-refractivity contribution is 5.79. The lowest BCUT2D eigenvalue weighted by Crippen LogP contribution is -2.38. The minimum absolute atomic E-state index is 0.163. The van der Waals surface area contributed by atoms with Crippen LogP contribution in [-0.2, 0) is 4.79 Å². The van der Waals surface area contributed by atoms with Crippen molar-refractivity contribution >= 4 is 5.91 Å². The summed E-state index contributed by atoms with van der Waals surface area (Å²) in [5, 5.41) is 0. The largest absolute Gasteiger partial charge is 0.489 e. The Morgan fingerprint density at radius 2 is 1.94 bits per heavy atom. The fraction of sp³-hybridized carbons (Fsp3) is 0.533. The third-order valence-electron chi connectivity index (χ3n) is 3.96. The summed E-state index contributed by atoms with van der Waals surface area (Å²) in [6.07, 6.45) is 4.50. The summed E-state index contributed by atoms with van der Waals surface area (Å²) in [7, 11) is 0. The molecule has 3 heteroatoms. The standard InChI is InChI=1S/C15H19NO2/c17-15(12-5-4-6-12)16-10-9-14(11-16)18-13-7-2-1-3-8-13/h1-3,7-8,12,14H,4-6,9-11H2. The molecule has 1 saturated carbocycles. The molecular formula is C15H19NO2. The maximum atomic E-state index is 12.1. The lowest BCUT2D eigenvalue weighted by atomic mass is 9.84. The second-order valence-electron chi connectivity index (χ2n) is 5.25. The summed E-state index contributed by atoms with van der Waals surface area (Å²) in [6, 6.07) is 9.86. The van der Waals surface area contributed by atoms with Crippen molar-refractivity contribution in [2.75, 3.05) is 13.1 Å². The highest BCUT2D eigenvalue weighted by Crippen LogP contribution is 2.30. The predicted molar refractivity (Wildman–Crippen MR) is 69.4 cm³/mol. The lowest BCUT2D eigenvalue weighted by molar-refractivity contribution is -0.137. The Balaban J connectivity index is 1.53. The lowest BCUT2D eigenvalue weighted by Gasteiger charge is -2.29. The number of likely N-dealkylation sites (tertiary alicyclic amines) is 1. The van der Waals surface area contributed by atoms with Gasteiger partial charge in [-0.25, -0.2) is 0 Å². The molecule has 1 aliphatic carbocycles. The van der Waals surface area contributed by atoms with Crippen LogP contribution < -0.4 is 4.74 Å². The van der Waals surface area contributed by atoms with Crippen LogP contribution >= 0.6 is 0 Å². The maximum Gasteiger partial charge on any atom is 0.225 e. The second kappa shape index (κ2) is 5.01. The number of carbonyl (C=O) groups is 1. The number of amides is 1. The fourth-order valence-electron chi connectivity index (χ4n) is 2.63. The average Bonchev–Trinajstić information content (AvgIpc) is 2.76. The van der Waals surface area contributed by atoms with Gasteiger partial charge in [-0.05, 0) is 25.0 Å². The molecule has 0 N–H and O–H groups in total. The van der Waals surface area contributed by atoms with E-state index in [-0.39, 0.29) is 6.10 Å². The Bertz CT molecular complexity index is 414. The Labute approximate surface area is 108 Å². The smallest absolute Gasteiger partial charge is 0.225 e. The molecule has 18 heavy (non-hydrogen) atoms. The molecule has 1 unspecified atom stereocenters. The molecule has 1 aromatic rings. The van der Waals surface area contributed by atoms with Gasteiger partial charge in [0.15, 0.2) is 0 Å². The molecule has 1 amide bonds. The second-order valence-corrected chi connectivity index (χ2v) is 5.25. The molecule has 1 aliphatic heterocycles. The molecule has 3 nitrogen and oxygen atoms in total. The summed E-state index contributed by atoms with van der Waals surface area (Å²) in [5.41, 5.74) is 0. The van der Waals surface area contributed by atoms with E-state index in [9.17, 15) is 4.79 Å². The molecule has 96 valence electrons. The van der Waals surface area contributed by atoms with Gasteiger partial charge in [0.05, 0.1) is 6.54 Å². The fourth-order valence-corrected chi connectivity index (χ4v) is 2.63. The van der Waals surface area contributed by atoms with Crippen LogP contribution in [0.5, 0.6) is 5.75 Å². The van der Waals surface area contributed by atoms with Gasteiger partial charge >= 0.3 is 0 Å². The van der Waals surface area contributed by atoms with Crippen molar-refractivity contribution in [1.82, 2.24) is 4.90 Å². The Hall–Kier alpha value is -1.51. The predicted octanol–water partition coefficient (Wildman–Crippen LogP) is 2.47. The zero-order valence-electron chi connectivity index (χ0n) is 10.5. The van der Waals surface area contributed by atoms with Crippen LogP contribution in [0.3, 0.4) is 0 Å². The Morgan fingerprint density at radius 1 is 1.17 bits per heavy atom. The van der Waals surface area contributed by atoms with E-state index in [4.69, 9.17) is 4.74 Å². The summed E-state index contributed by atoms with van der Waals surface area (Å²) in [6.45, 7) is 1.61. The van der Waals surface area contributed by atoms with Crippen LogP contribution in [-0.4, -0.2) is 30.0 Å². The zero-order valence-corrected chi connectivity index (χ0v) is 10.5. The Morgan fingerprint density at radius 3 is 2.61 bits per heavy atom. The monoisotopic (exact) mass is 245 g/mol. The number of benzene rings is 1. The van der Waals surface area contributed by atoms with Crippen molar-refractivity contribution in [2.45, 2.75) is 31.8 Å². The van der Waals surface area contributed by atoms with Crippen LogP contribution in [0.1, 0.15) is 25.7 Å². The third-order valence-corrected chi connectivity index (χ3v) is 3.96. The van der Waals surface area contributed by atoms with Gasteiger partial charge in [0.1, 0.15) is 11.9 Å². The van der Waals surface area contributed by atoms with E-state index >= 15 is 0 Å². The van der Waals surface area contributed by atoms with Crippen molar-refractivity contribution in [3.05, 3.63) is 30.3 Å². The molecule has 3 rings (SSSR count). The molecule has 0 aromatic heterocycles. The van der Waals surface area contributed by atoms with Gasteiger partial charge < -0.3 is 9.64 Å². The zero-order chi connectivity index (χ0) is 12.4. The first-order valence-corrected chi connectivity index (χ1v) is 6.83. The van der Waals surface area contributed by atoms with Crippen molar-refractivity contribution in [2.24, 2.45) is 5.92 Å². The summed E-state index contributed by atoms with van der Waals surface area (Å²) in [4.78, 5) is 14.1. The van der Waals surface area contributed by atoms with Crippen LogP contribution in [0.2, 0.25) is 0 Å². The summed E-state index contributed by atoms with van der Waals surface area (Å²) < 4.78 is 5.89. The first kappa shape index (κ1) is 11.6. The van der Waals surface area contributed by atoms with E-state index in [0.29, 0.717) is 11.8 Å². The first-order valence-electron chi connectivity index (χ1n) is 6.83. The van der Waals surface area contributed by atoms with Crippen molar-refractivity contribution in [3.8, 4) is 5.75 Å². The molecule has 1 aromatic carbocycles. The van der Waals surface area contributed by atoms with E-state index in [1.54, 1.807) is 0 Å². The molecule has 1 heterocycles. The molecule has 0 radical (unpaired) electrons. The van der Waals surface area contributed by atoms with Gasteiger partial charge in [0.2, 0.25) is 5.91 Å². The highest BCUT2D eigenvalue weighted by atomic mass is 16.5. The quantitative estimate of drug-likeness (QED) is 0.818. The van der Waals surface area contributed by atoms with E-state index in [1.165, 1.54) is 6.42 Å². The molecule has 1 atom stereocenters. The van der Waals surface area contributed by atoms with Gasteiger partial charge in [-0.2, -0.15) is 0 Å². The molecule has 0 bridgehead atoms. The van der Waals surface area contributed by atoms with E-state index < -0.39 is 0 Å². The van der Waals surface area contributed by atoms with E-state index in [0.717, 1.165) is 38.1 Å². The van der Waals surface area contributed by atoms with Gasteiger partial charge in [0.25, 0.3) is 0 Å². The normalized spacial score (nSPS) is 23.8. The number of ether oxygens (including phenoxy) is 1. The van der Waals surface area contributed by atoms with E-state index in [2.05, 4.69) is 0 Å². The van der Waals surface area contributed by atoms with Crippen molar-refractivity contribution in [3.63, 3.8) is 0 Å². The number of rotatable bonds is 3. The van der Waals surface area contributed by atoms with Gasteiger partial charge in [-0.1, -0.05) is 24.6 Å². The Kier molecular flexibility index (Phi) is 3.22. The van der Waals surface area contributed by atoms with Crippen LogP contribution in [0.25, 0.3) is 0 Å². The van der Waals surface area contributed by atoms with Crippen LogP contribution in [0, 0.1) is 5.92 Å². The number of para-hydroxylation sites is 1. The van der Waals surface area contributed by atoms with Gasteiger partial charge in [-0.3, -0.25) is 4.79 Å². The minimum atomic E-state index is 0.163. The minimum Gasteiger partial charge on any atom is -0.489 e.